The molecule has 4 heteroatoms. The lowest BCUT2D eigenvalue weighted by Gasteiger charge is -2.07. The SMILES string of the molecule is CCCCOC(=O)CNC(=O)c1cc(C)cc(C)c1. The number of hydrogen-bond donors (Lipinski definition) is 1. The topological polar surface area (TPSA) is 55.4 Å². The molecular weight excluding hydrogens is 242 g/mol. The van der Waals surface area contributed by atoms with Crippen LogP contribution < -0.4 is 5.32 Å². The van der Waals surface area contributed by atoms with E-state index in [0.29, 0.717) is 12.2 Å². The maximum absolute atomic E-state index is 11.9. The van der Waals surface area contributed by atoms with Gasteiger partial charge in [-0.3, -0.25) is 9.59 Å². The van der Waals surface area contributed by atoms with E-state index in [9.17, 15) is 9.59 Å². The molecule has 1 aromatic carbocycles. The van der Waals surface area contributed by atoms with Crippen LogP contribution in [0.15, 0.2) is 18.2 Å². The molecule has 0 fully saturated rings. The molecule has 0 saturated carbocycles. The van der Waals surface area contributed by atoms with E-state index in [-0.39, 0.29) is 12.5 Å². The predicted octanol–water partition coefficient (Wildman–Crippen LogP) is 2.38. The Morgan fingerprint density at radius 2 is 1.79 bits per heavy atom. The minimum absolute atomic E-state index is 0.0878. The van der Waals surface area contributed by atoms with Crippen molar-refractivity contribution in [3.05, 3.63) is 34.9 Å². The summed E-state index contributed by atoms with van der Waals surface area (Å²) in [6.45, 7) is 6.21. The zero-order chi connectivity index (χ0) is 14.3. The average molecular weight is 263 g/mol. The second-order valence-corrected chi connectivity index (χ2v) is 4.63. The zero-order valence-corrected chi connectivity index (χ0v) is 11.8. The van der Waals surface area contributed by atoms with Gasteiger partial charge in [0.05, 0.1) is 6.61 Å². The van der Waals surface area contributed by atoms with Gasteiger partial charge in [0.15, 0.2) is 0 Å². The molecule has 1 aromatic rings. The van der Waals surface area contributed by atoms with Gasteiger partial charge in [-0.05, 0) is 32.4 Å². The summed E-state index contributed by atoms with van der Waals surface area (Å²) in [5.41, 5.74) is 2.62. The van der Waals surface area contributed by atoms with E-state index in [4.69, 9.17) is 4.74 Å². The number of nitrogens with one attached hydrogen (secondary N) is 1. The number of hydrogen-bond acceptors (Lipinski definition) is 3. The Morgan fingerprint density at radius 3 is 2.37 bits per heavy atom. The lowest BCUT2D eigenvalue weighted by molar-refractivity contribution is -0.142. The molecular formula is C15H21NO3. The molecule has 0 saturated heterocycles. The molecule has 4 nitrogen and oxygen atoms in total. The number of rotatable bonds is 6. The molecule has 0 spiro atoms. The molecule has 104 valence electrons. The van der Waals surface area contributed by atoms with E-state index >= 15 is 0 Å². The molecule has 0 radical (unpaired) electrons. The number of ether oxygens (including phenoxy) is 1. The van der Waals surface area contributed by atoms with E-state index < -0.39 is 5.97 Å². The molecule has 1 N–H and O–H groups in total. The number of amides is 1. The van der Waals surface area contributed by atoms with Crippen LogP contribution in [0.5, 0.6) is 0 Å². The molecule has 1 rings (SSSR count). The van der Waals surface area contributed by atoms with Crippen LogP contribution in [0.25, 0.3) is 0 Å². The highest BCUT2D eigenvalue weighted by atomic mass is 16.5. The summed E-state index contributed by atoms with van der Waals surface area (Å²) < 4.78 is 4.96. The quantitative estimate of drug-likeness (QED) is 0.633. The molecule has 0 atom stereocenters. The molecule has 1 amide bonds. The molecule has 19 heavy (non-hydrogen) atoms. The van der Waals surface area contributed by atoms with Crippen molar-refractivity contribution in [3.8, 4) is 0 Å². The van der Waals surface area contributed by atoms with Gasteiger partial charge in [0, 0.05) is 5.56 Å². The summed E-state index contributed by atoms with van der Waals surface area (Å²) in [6, 6.07) is 5.59. The lowest BCUT2D eigenvalue weighted by atomic mass is 10.1. The summed E-state index contributed by atoms with van der Waals surface area (Å²) >= 11 is 0. The number of aryl methyl sites for hydroxylation is 2. The Bertz CT molecular complexity index is 434. The second kappa shape index (κ2) is 7.56. The summed E-state index contributed by atoms with van der Waals surface area (Å²) in [5, 5.41) is 2.57. The van der Waals surface area contributed by atoms with Gasteiger partial charge >= 0.3 is 5.97 Å². The van der Waals surface area contributed by atoms with Crippen LogP contribution in [0, 0.1) is 13.8 Å². The Morgan fingerprint density at radius 1 is 1.16 bits per heavy atom. The van der Waals surface area contributed by atoms with Crippen molar-refractivity contribution in [2.24, 2.45) is 0 Å². The third-order valence-corrected chi connectivity index (χ3v) is 2.64. The number of carbonyl (C=O) groups is 2. The normalized spacial score (nSPS) is 10.1. The maximum Gasteiger partial charge on any atom is 0.325 e. The summed E-state index contributed by atoms with van der Waals surface area (Å²) in [7, 11) is 0. The minimum Gasteiger partial charge on any atom is -0.464 e. The minimum atomic E-state index is -0.397. The largest absolute Gasteiger partial charge is 0.464 e. The standard InChI is InChI=1S/C15H21NO3/c1-4-5-6-19-14(17)10-16-15(18)13-8-11(2)7-12(3)9-13/h7-9H,4-6,10H2,1-3H3,(H,16,18). The summed E-state index contributed by atoms with van der Waals surface area (Å²) in [4.78, 5) is 23.2. The molecule has 0 unspecified atom stereocenters. The third-order valence-electron chi connectivity index (χ3n) is 2.64. The van der Waals surface area contributed by atoms with E-state index in [0.717, 1.165) is 24.0 Å². The summed E-state index contributed by atoms with van der Waals surface area (Å²) in [6.07, 6.45) is 1.82. The first-order valence-corrected chi connectivity index (χ1v) is 6.55. The monoisotopic (exact) mass is 263 g/mol. The van der Waals surface area contributed by atoms with Crippen LogP contribution >= 0.6 is 0 Å². The zero-order valence-electron chi connectivity index (χ0n) is 11.8. The fourth-order valence-electron chi connectivity index (χ4n) is 1.74. The first-order chi connectivity index (χ1) is 9.02. The second-order valence-electron chi connectivity index (χ2n) is 4.63. The molecule has 0 aromatic heterocycles. The number of unbranched alkanes of at least 4 members (excludes halogenated alkanes) is 1. The average Bonchev–Trinajstić information content (AvgIpc) is 2.35. The lowest BCUT2D eigenvalue weighted by Crippen LogP contribution is -2.30. The highest BCUT2D eigenvalue weighted by molar-refractivity contribution is 5.96. The highest BCUT2D eigenvalue weighted by Gasteiger charge is 2.09. The first kappa shape index (κ1) is 15.2. The van der Waals surface area contributed by atoms with Gasteiger partial charge in [-0.25, -0.2) is 0 Å². The van der Waals surface area contributed by atoms with Crippen LogP contribution in [0.2, 0.25) is 0 Å². The van der Waals surface area contributed by atoms with Crippen LogP contribution in [0.3, 0.4) is 0 Å². The molecule has 0 aliphatic rings. The Hall–Kier alpha value is -1.84. The highest BCUT2D eigenvalue weighted by Crippen LogP contribution is 2.08. The number of carbonyl (C=O) groups excluding carboxylic acids is 2. The molecule has 0 aliphatic carbocycles. The summed E-state index contributed by atoms with van der Waals surface area (Å²) in [5.74, 6) is -0.648. The van der Waals surface area contributed by atoms with Crippen LogP contribution in [0.4, 0.5) is 0 Å². The molecule has 0 aliphatic heterocycles. The van der Waals surface area contributed by atoms with Gasteiger partial charge < -0.3 is 10.1 Å². The fraction of sp³-hybridized carbons (Fsp3) is 0.467. The van der Waals surface area contributed by atoms with Gasteiger partial charge in [0.1, 0.15) is 6.54 Å². The van der Waals surface area contributed by atoms with E-state index in [1.54, 1.807) is 12.1 Å². The number of benzene rings is 1. The van der Waals surface area contributed by atoms with E-state index in [1.807, 2.05) is 26.8 Å². The van der Waals surface area contributed by atoms with Crippen molar-refractivity contribution in [3.63, 3.8) is 0 Å². The Kier molecular flexibility index (Phi) is 6.06. The van der Waals surface area contributed by atoms with Crippen molar-refractivity contribution in [2.45, 2.75) is 33.6 Å². The smallest absolute Gasteiger partial charge is 0.325 e. The van der Waals surface area contributed by atoms with Gasteiger partial charge in [0.25, 0.3) is 5.91 Å². The van der Waals surface area contributed by atoms with E-state index in [1.165, 1.54) is 0 Å². The van der Waals surface area contributed by atoms with E-state index in [2.05, 4.69) is 5.32 Å². The van der Waals surface area contributed by atoms with Crippen LogP contribution in [-0.4, -0.2) is 25.0 Å². The predicted molar refractivity (Wildman–Crippen MR) is 74.1 cm³/mol. The van der Waals surface area contributed by atoms with Crippen molar-refractivity contribution in [1.82, 2.24) is 5.32 Å². The molecule has 0 heterocycles. The Balaban J connectivity index is 2.44. The molecule has 0 bridgehead atoms. The third kappa shape index (κ3) is 5.55. The van der Waals surface area contributed by atoms with Crippen molar-refractivity contribution in [2.75, 3.05) is 13.2 Å². The van der Waals surface area contributed by atoms with Crippen LogP contribution in [-0.2, 0) is 9.53 Å². The van der Waals surface area contributed by atoms with Crippen molar-refractivity contribution < 1.29 is 14.3 Å². The van der Waals surface area contributed by atoms with Crippen molar-refractivity contribution in [1.29, 1.82) is 0 Å². The van der Waals surface area contributed by atoms with Gasteiger partial charge in [-0.2, -0.15) is 0 Å². The fourth-order valence-corrected chi connectivity index (χ4v) is 1.74. The number of esters is 1. The van der Waals surface area contributed by atoms with Crippen LogP contribution in [0.1, 0.15) is 41.3 Å². The van der Waals surface area contributed by atoms with Crippen molar-refractivity contribution >= 4 is 11.9 Å². The van der Waals surface area contributed by atoms with Gasteiger partial charge in [-0.15, -0.1) is 0 Å². The van der Waals surface area contributed by atoms with Gasteiger partial charge in [-0.1, -0.05) is 30.5 Å². The van der Waals surface area contributed by atoms with Gasteiger partial charge in [0.2, 0.25) is 0 Å². The Labute approximate surface area is 114 Å². The maximum atomic E-state index is 11.9. The first-order valence-electron chi connectivity index (χ1n) is 6.55.